The topological polar surface area (TPSA) is 71.2 Å². The van der Waals surface area contributed by atoms with Crippen LogP contribution in [-0.2, 0) is 11.2 Å². The van der Waals surface area contributed by atoms with E-state index in [1.807, 2.05) is 6.92 Å². The molecular weight excluding hydrogens is 339 g/mol. The summed E-state index contributed by atoms with van der Waals surface area (Å²) in [6.07, 6.45) is 0.575. The Morgan fingerprint density at radius 1 is 1.26 bits per heavy atom. The summed E-state index contributed by atoms with van der Waals surface area (Å²) in [5, 5.41) is 3.47. The van der Waals surface area contributed by atoms with E-state index in [2.05, 4.69) is 10.3 Å². The summed E-state index contributed by atoms with van der Waals surface area (Å²) >= 11 is 11.8. The van der Waals surface area contributed by atoms with Gasteiger partial charge in [-0.2, -0.15) is 0 Å². The quantitative estimate of drug-likeness (QED) is 0.807. The minimum absolute atomic E-state index is 0.313. The average molecular weight is 355 g/mol. The SMILES string of the molecule is CCc1[nH]c(C(=O)Nc2ccc(Cl)c(Cl)c2)c(C)c1C(=O)OC. The molecule has 0 spiro atoms. The lowest BCUT2D eigenvalue weighted by Gasteiger charge is -2.06. The van der Waals surface area contributed by atoms with Crippen molar-refractivity contribution in [2.75, 3.05) is 12.4 Å². The number of aryl methyl sites for hydroxylation is 1. The molecule has 122 valence electrons. The maximum absolute atomic E-state index is 12.5. The zero-order valence-corrected chi connectivity index (χ0v) is 14.4. The zero-order chi connectivity index (χ0) is 17.1. The van der Waals surface area contributed by atoms with E-state index in [1.54, 1.807) is 25.1 Å². The molecule has 0 aliphatic heterocycles. The van der Waals surface area contributed by atoms with E-state index in [0.29, 0.717) is 44.7 Å². The van der Waals surface area contributed by atoms with Gasteiger partial charge in [-0.3, -0.25) is 4.79 Å². The van der Waals surface area contributed by atoms with E-state index >= 15 is 0 Å². The van der Waals surface area contributed by atoms with Gasteiger partial charge in [-0.05, 0) is 37.1 Å². The van der Waals surface area contributed by atoms with Gasteiger partial charge in [0, 0.05) is 11.4 Å². The van der Waals surface area contributed by atoms with Crippen molar-refractivity contribution in [1.82, 2.24) is 4.98 Å². The fourth-order valence-electron chi connectivity index (χ4n) is 2.30. The number of anilines is 1. The molecule has 1 aromatic heterocycles. The molecule has 0 saturated carbocycles. The van der Waals surface area contributed by atoms with Gasteiger partial charge in [0.25, 0.3) is 5.91 Å². The monoisotopic (exact) mass is 354 g/mol. The van der Waals surface area contributed by atoms with Gasteiger partial charge in [-0.15, -0.1) is 0 Å². The zero-order valence-electron chi connectivity index (χ0n) is 12.9. The minimum atomic E-state index is -0.468. The first kappa shape index (κ1) is 17.4. The maximum Gasteiger partial charge on any atom is 0.339 e. The fraction of sp³-hybridized carbons (Fsp3) is 0.250. The summed E-state index contributed by atoms with van der Waals surface area (Å²) in [6, 6.07) is 4.80. The third-order valence-electron chi connectivity index (χ3n) is 3.48. The number of rotatable bonds is 4. The molecule has 1 aromatic carbocycles. The number of H-pyrrole nitrogens is 1. The molecule has 0 atom stereocenters. The second-order valence-electron chi connectivity index (χ2n) is 4.91. The van der Waals surface area contributed by atoms with Crippen molar-refractivity contribution < 1.29 is 14.3 Å². The summed E-state index contributed by atoms with van der Waals surface area (Å²) in [7, 11) is 1.31. The summed E-state index contributed by atoms with van der Waals surface area (Å²) in [6.45, 7) is 3.59. The molecule has 0 saturated heterocycles. The van der Waals surface area contributed by atoms with Crippen LogP contribution in [0.15, 0.2) is 18.2 Å². The van der Waals surface area contributed by atoms with Crippen LogP contribution in [0.4, 0.5) is 5.69 Å². The molecule has 23 heavy (non-hydrogen) atoms. The van der Waals surface area contributed by atoms with Crippen molar-refractivity contribution in [3.8, 4) is 0 Å². The molecule has 1 amide bonds. The van der Waals surface area contributed by atoms with Crippen molar-refractivity contribution in [3.05, 3.63) is 50.8 Å². The normalized spacial score (nSPS) is 10.5. The second kappa shape index (κ2) is 7.06. The Morgan fingerprint density at radius 2 is 1.96 bits per heavy atom. The number of amides is 1. The van der Waals surface area contributed by atoms with Crippen molar-refractivity contribution in [3.63, 3.8) is 0 Å². The number of nitrogens with one attached hydrogen (secondary N) is 2. The first-order chi connectivity index (χ1) is 10.9. The van der Waals surface area contributed by atoms with Crippen molar-refractivity contribution in [2.45, 2.75) is 20.3 Å². The van der Waals surface area contributed by atoms with Gasteiger partial charge in [-0.1, -0.05) is 30.1 Å². The van der Waals surface area contributed by atoms with E-state index in [4.69, 9.17) is 27.9 Å². The number of methoxy groups -OCH3 is 1. The van der Waals surface area contributed by atoms with Crippen LogP contribution in [0.1, 0.15) is 39.0 Å². The van der Waals surface area contributed by atoms with Gasteiger partial charge in [0.15, 0.2) is 0 Å². The van der Waals surface area contributed by atoms with E-state index in [-0.39, 0.29) is 5.91 Å². The molecular formula is C16H16Cl2N2O3. The van der Waals surface area contributed by atoms with Crippen LogP contribution in [0.25, 0.3) is 0 Å². The van der Waals surface area contributed by atoms with Crippen LogP contribution in [0.5, 0.6) is 0 Å². The first-order valence-corrected chi connectivity index (χ1v) is 7.70. The molecule has 0 unspecified atom stereocenters. The van der Waals surface area contributed by atoms with E-state index < -0.39 is 5.97 Å². The molecule has 0 bridgehead atoms. The number of aromatic amines is 1. The number of carbonyl (C=O) groups excluding carboxylic acids is 2. The summed E-state index contributed by atoms with van der Waals surface area (Å²) in [5.41, 5.74) is 2.43. The lowest BCUT2D eigenvalue weighted by molar-refractivity contribution is 0.0599. The highest BCUT2D eigenvalue weighted by Gasteiger charge is 2.23. The van der Waals surface area contributed by atoms with Gasteiger partial charge in [-0.25, -0.2) is 4.79 Å². The Kier molecular flexibility index (Phi) is 5.34. The second-order valence-corrected chi connectivity index (χ2v) is 5.72. The number of hydrogen-bond donors (Lipinski definition) is 2. The highest BCUT2D eigenvalue weighted by atomic mass is 35.5. The lowest BCUT2D eigenvalue weighted by Crippen LogP contribution is -2.14. The molecule has 1 heterocycles. The predicted molar refractivity (Wildman–Crippen MR) is 90.7 cm³/mol. The number of carbonyl (C=O) groups is 2. The van der Waals surface area contributed by atoms with Gasteiger partial charge >= 0.3 is 5.97 Å². The first-order valence-electron chi connectivity index (χ1n) is 6.95. The Labute approximate surface area is 143 Å². The maximum atomic E-state index is 12.5. The Hall–Kier alpha value is -1.98. The van der Waals surface area contributed by atoms with Gasteiger partial charge in [0.05, 0.1) is 22.7 Å². The molecule has 0 fully saturated rings. The van der Waals surface area contributed by atoms with Crippen LogP contribution in [0, 0.1) is 6.92 Å². The molecule has 2 N–H and O–H groups in total. The number of ether oxygens (including phenoxy) is 1. The summed E-state index contributed by atoms with van der Waals surface area (Å²) in [4.78, 5) is 27.3. The summed E-state index contributed by atoms with van der Waals surface area (Å²) < 4.78 is 4.78. The van der Waals surface area contributed by atoms with Crippen LogP contribution in [0.2, 0.25) is 10.0 Å². The average Bonchev–Trinajstić information content (AvgIpc) is 2.87. The van der Waals surface area contributed by atoms with Crippen LogP contribution in [-0.4, -0.2) is 24.0 Å². The van der Waals surface area contributed by atoms with Crippen molar-refractivity contribution >= 4 is 40.8 Å². The number of hydrogen-bond acceptors (Lipinski definition) is 3. The Balaban J connectivity index is 2.34. The number of halogens is 2. The third-order valence-corrected chi connectivity index (χ3v) is 4.21. The van der Waals surface area contributed by atoms with Gasteiger partial charge in [0.2, 0.25) is 0 Å². The molecule has 0 aliphatic carbocycles. The van der Waals surface area contributed by atoms with Crippen LogP contribution >= 0.6 is 23.2 Å². The molecule has 2 aromatic rings. The van der Waals surface area contributed by atoms with E-state index in [1.165, 1.54) is 7.11 Å². The van der Waals surface area contributed by atoms with E-state index in [0.717, 1.165) is 0 Å². The van der Waals surface area contributed by atoms with Crippen LogP contribution in [0.3, 0.4) is 0 Å². The van der Waals surface area contributed by atoms with E-state index in [9.17, 15) is 9.59 Å². The van der Waals surface area contributed by atoms with Crippen LogP contribution < -0.4 is 5.32 Å². The number of esters is 1. The molecule has 5 nitrogen and oxygen atoms in total. The fourth-order valence-corrected chi connectivity index (χ4v) is 2.59. The minimum Gasteiger partial charge on any atom is -0.465 e. The summed E-state index contributed by atoms with van der Waals surface area (Å²) in [5.74, 6) is -0.838. The van der Waals surface area contributed by atoms with Gasteiger partial charge in [0.1, 0.15) is 5.69 Å². The molecule has 0 radical (unpaired) electrons. The number of benzene rings is 1. The standard InChI is InChI=1S/C16H16Cl2N2O3/c1-4-12-13(16(22)23-3)8(2)14(20-12)15(21)19-9-5-6-10(17)11(18)7-9/h5-7,20H,4H2,1-3H3,(H,19,21). The van der Waals surface area contributed by atoms with Crippen molar-refractivity contribution in [1.29, 1.82) is 0 Å². The highest BCUT2D eigenvalue weighted by Crippen LogP contribution is 2.26. The molecule has 2 rings (SSSR count). The van der Waals surface area contributed by atoms with Crippen molar-refractivity contribution in [2.24, 2.45) is 0 Å². The third kappa shape index (κ3) is 3.51. The predicted octanol–water partition coefficient (Wildman–Crippen LogP) is 4.23. The smallest absolute Gasteiger partial charge is 0.339 e. The highest BCUT2D eigenvalue weighted by molar-refractivity contribution is 6.42. The number of aromatic nitrogens is 1. The largest absolute Gasteiger partial charge is 0.465 e. The Morgan fingerprint density at radius 3 is 2.52 bits per heavy atom. The Bertz CT molecular complexity index is 769. The molecule has 0 aliphatic rings. The lowest BCUT2D eigenvalue weighted by atomic mass is 10.1. The molecule has 7 heteroatoms. The van der Waals surface area contributed by atoms with Gasteiger partial charge < -0.3 is 15.0 Å².